The summed E-state index contributed by atoms with van der Waals surface area (Å²) in [6, 6.07) is 12.9. The minimum absolute atomic E-state index is 0.142. The van der Waals surface area contributed by atoms with Gasteiger partial charge in [0.15, 0.2) is 0 Å². The van der Waals surface area contributed by atoms with Crippen molar-refractivity contribution >= 4 is 35.1 Å². The van der Waals surface area contributed by atoms with Crippen molar-refractivity contribution in [3.63, 3.8) is 0 Å². The van der Waals surface area contributed by atoms with Crippen molar-refractivity contribution in [3.8, 4) is 5.75 Å². The molecule has 34 heavy (non-hydrogen) atoms. The van der Waals surface area contributed by atoms with Crippen LogP contribution >= 0.6 is 0 Å². The highest BCUT2D eigenvalue weighted by Crippen LogP contribution is 2.19. The third-order valence-corrected chi connectivity index (χ3v) is 4.40. The highest BCUT2D eigenvalue weighted by atomic mass is 16.6. The van der Waals surface area contributed by atoms with Gasteiger partial charge in [0.2, 0.25) is 17.8 Å². The monoisotopic (exact) mass is 464 g/mol. The molecule has 178 valence electrons. The van der Waals surface area contributed by atoms with E-state index in [0.29, 0.717) is 17.8 Å². The Labute approximate surface area is 197 Å². The second-order valence-electron chi connectivity index (χ2n) is 8.62. The molecule has 3 aromatic rings. The summed E-state index contributed by atoms with van der Waals surface area (Å²) in [5, 5.41) is 18.3. The Balaban J connectivity index is 1.75. The van der Waals surface area contributed by atoms with Gasteiger partial charge in [-0.05, 0) is 62.7 Å². The summed E-state index contributed by atoms with van der Waals surface area (Å²) in [4.78, 5) is 36.6. The molecule has 0 aliphatic heterocycles. The van der Waals surface area contributed by atoms with Gasteiger partial charge in [0.05, 0.1) is 0 Å². The predicted molar refractivity (Wildman–Crippen MR) is 129 cm³/mol. The number of esters is 1. The van der Waals surface area contributed by atoms with E-state index in [4.69, 9.17) is 4.74 Å². The highest BCUT2D eigenvalue weighted by Gasteiger charge is 2.26. The van der Waals surface area contributed by atoms with Gasteiger partial charge >= 0.3 is 5.97 Å². The first kappa shape index (κ1) is 24.4. The molecule has 4 N–H and O–H groups in total. The molecule has 10 heteroatoms. The summed E-state index contributed by atoms with van der Waals surface area (Å²) in [7, 11) is 0. The third-order valence-electron chi connectivity index (χ3n) is 4.40. The van der Waals surface area contributed by atoms with E-state index in [1.807, 2.05) is 0 Å². The fourth-order valence-corrected chi connectivity index (χ4v) is 2.99. The minimum Gasteiger partial charge on any atom is -0.508 e. The van der Waals surface area contributed by atoms with Crippen LogP contribution in [0.25, 0.3) is 0 Å². The van der Waals surface area contributed by atoms with Crippen LogP contribution < -0.4 is 16.0 Å². The first-order chi connectivity index (χ1) is 16.1. The average molecular weight is 465 g/mol. The van der Waals surface area contributed by atoms with Gasteiger partial charge in [-0.2, -0.15) is 4.98 Å². The quantitative estimate of drug-likeness (QED) is 0.368. The minimum atomic E-state index is -0.768. The zero-order valence-corrected chi connectivity index (χ0v) is 19.5. The van der Waals surface area contributed by atoms with E-state index in [0.717, 1.165) is 5.56 Å². The summed E-state index contributed by atoms with van der Waals surface area (Å²) in [6.45, 7) is 6.83. The maximum Gasteiger partial charge on any atom is 0.329 e. The molecule has 0 unspecified atom stereocenters. The molecule has 10 nitrogen and oxygen atoms in total. The molecule has 1 aromatic heterocycles. The Morgan fingerprint density at radius 2 is 1.59 bits per heavy atom. The molecule has 1 atom stereocenters. The maximum atomic E-state index is 12.9. The van der Waals surface area contributed by atoms with Crippen LogP contribution in [0.5, 0.6) is 5.75 Å². The highest BCUT2D eigenvalue weighted by molar-refractivity contribution is 5.88. The number of aromatic hydroxyl groups is 1. The summed E-state index contributed by atoms with van der Waals surface area (Å²) in [5.41, 5.74) is 1.54. The van der Waals surface area contributed by atoms with Gasteiger partial charge in [0.1, 0.15) is 23.7 Å². The molecule has 1 heterocycles. The lowest BCUT2D eigenvalue weighted by Crippen LogP contribution is -2.38. The van der Waals surface area contributed by atoms with Crippen molar-refractivity contribution in [2.24, 2.45) is 0 Å². The molecule has 0 bridgehead atoms. The number of phenolic OH excluding ortho intramolecular Hbond substituents is 1. The van der Waals surface area contributed by atoms with E-state index in [9.17, 15) is 14.7 Å². The normalized spacial score (nSPS) is 11.9. The van der Waals surface area contributed by atoms with Crippen LogP contribution in [0.1, 0.15) is 33.3 Å². The van der Waals surface area contributed by atoms with Crippen molar-refractivity contribution < 1.29 is 19.4 Å². The lowest BCUT2D eigenvalue weighted by atomic mass is 10.1. The van der Waals surface area contributed by atoms with Crippen LogP contribution in [0.4, 0.5) is 23.3 Å². The van der Waals surface area contributed by atoms with Crippen molar-refractivity contribution in [3.05, 3.63) is 60.4 Å². The standard InChI is InChI=1S/C24H28N6O4/c1-15(31)27-17-7-9-18(10-8-17)28-22-25-14-26-23(30-22)29-20(21(33)34-24(2,3)4)13-16-5-11-19(32)12-6-16/h5-12,14,20,32H,13H2,1-4H3,(H,27,31)(H2,25,26,28,29,30)/t20-/m0/s1. The number of nitrogens with zero attached hydrogens (tertiary/aromatic N) is 3. The van der Waals surface area contributed by atoms with E-state index >= 15 is 0 Å². The number of nitrogens with one attached hydrogen (secondary N) is 3. The van der Waals surface area contributed by atoms with Crippen LogP contribution in [0.2, 0.25) is 0 Å². The van der Waals surface area contributed by atoms with E-state index < -0.39 is 17.6 Å². The van der Waals surface area contributed by atoms with E-state index in [1.54, 1.807) is 69.3 Å². The van der Waals surface area contributed by atoms with Crippen molar-refractivity contribution in [1.82, 2.24) is 15.0 Å². The average Bonchev–Trinajstić information content (AvgIpc) is 2.75. The molecule has 1 amide bonds. The Hall–Kier alpha value is -4.21. The van der Waals surface area contributed by atoms with Crippen molar-refractivity contribution in [1.29, 1.82) is 0 Å². The molecule has 2 aromatic carbocycles. The largest absolute Gasteiger partial charge is 0.508 e. The third kappa shape index (κ3) is 7.73. The number of carbonyl (C=O) groups excluding carboxylic acids is 2. The SMILES string of the molecule is CC(=O)Nc1ccc(Nc2ncnc(N[C@@H](Cc3ccc(O)cc3)C(=O)OC(C)(C)C)n2)cc1. The molecule has 0 fully saturated rings. The molecule has 0 saturated carbocycles. The Morgan fingerprint density at radius 1 is 0.971 bits per heavy atom. The van der Waals surface area contributed by atoms with Gasteiger partial charge in [0, 0.05) is 24.7 Å². The van der Waals surface area contributed by atoms with Crippen LogP contribution in [0, 0.1) is 0 Å². The number of hydrogen-bond acceptors (Lipinski definition) is 9. The summed E-state index contributed by atoms with van der Waals surface area (Å²) >= 11 is 0. The molecule has 0 aliphatic carbocycles. The Kier molecular flexibility index (Phi) is 7.62. The van der Waals surface area contributed by atoms with Crippen molar-refractivity contribution in [2.45, 2.75) is 45.8 Å². The second-order valence-corrected chi connectivity index (χ2v) is 8.62. The molecule has 0 aliphatic rings. The fourth-order valence-electron chi connectivity index (χ4n) is 2.99. The van der Waals surface area contributed by atoms with Crippen LogP contribution in [-0.2, 0) is 20.7 Å². The fraction of sp³-hybridized carbons (Fsp3) is 0.292. The lowest BCUT2D eigenvalue weighted by Gasteiger charge is -2.24. The van der Waals surface area contributed by atoms with E-state index in [1.165, 1.54) is 13.3 Å². The first-order valence-electron chi connectivity index (χ1n) is 10.7. The Bertz CT molecular complexity index is 1130. The number of ether oxygens (including phenoxy) is 1. The second kappa shape index (κ2) is 10.6. The molecule has 0 radical (unpaired) electrons. The number of anilines is 4. The van der Waals surface area contributed by atoms with Crippen molar-refractivity contribution in [2.75, 3.05) is 16.0 Å². The van der Waals surface area contributed by atoms with E-state index in [2.05, 4.69) is 30.9 Å². The lowest BCUT2D eigenvalue weighted by molar-refractivity contribution is -0.155. The maximum absolute atomic E-state index is 12.9. The number of benzene rings is 2. The molecular weight excluding hydrogens is 436 g/mol. The summed E-state index contributed by atoms with van der Waals surface area (Å²) in [6.07, 6.45) is 1.63. The van der Waals surface area contributed by atoms with Gasteiger partial charge < -0.3 is 25.8 Å². The molecule has 0 saturated heterocycles. The van der Waals surface area contributed by atoms with Crippen LogP contribution in [0.3, 0.4) is 0 Å². The number of aromatic nitrogens is 3. The number of carbonyl (C=O) groups is 2. The summed E-state index contributed by atoms with van der Waals surface area (Å²) in [5.74, 6) is 0.00738. The number of amides is 1. The zero-order chi connectivity index (χ0) is 24.7. The van der Waals surface area contributed by atoms with Crippen LogP contribution in [-0.4, -0.2) is 43.6 Å². The van der Waals surface area contributed by atoms with Gasteiger partial charge in [-0.25, -0.2) is 14.8 Å². The number of phenols is 1. The molecule has 3 rings (SSSR count). The number of rotatable bonds is 8. The number of hydrogen-bond donors (Lipinski definition) is 4. The summed E-state index contributed by atoms with van der Waals surface area (Å²) < 4.78 is 5.56. The molecule has 0 spiro atoms. The van der Waals surface area contributed by atoms with Gasteiger partial charge in [-0.1, -0.05) is 12.1 Å². The topological polar surface area (TPSA) is 138 Å². The predicted octanol–water partition coefficient (Wildman–Crippen LogP) is 3.64. The smallest absolute Gasteiger partial charge is 0.329 e. The Morgan fingerprint density at radius 3 is 2.21 bits per heavy atom. The molecular formula is C24H28N6O4. The van der Waals surface area contributed by atoms with Gasteiger partial charge in [-0.15, -0.1) is 0 Å². The zero-order valence-electron chi connectivity index (χ0n) is 19.5. The first-order valence-corrected chi connectivity index (χ1v) is 10.7. The van der Waals surface area contributed by atoms with E-state index in [-0.39, 0.29) is 23.6 Å². The van der Waals surface area contributed by atoms with Crippen LogP contribution in [0.15, 0.2) is 54.9 Å². The van der Waals surface area contributed by atoms with Gasteiger partial charge in [-0.3, -0.25) is 4.79 Å². The van der Waals surface area contributed by atoms with Gasteiger partial charge in [0.25, 0.3) is 0 Å².